The summed E-state index contributed by atoms with van der Waals surface area (Å²) in [5, 5.41) is 2.99. The minimum absolute atomic E-state index is 0.00448. The number of rotatable bonds is 8. The lowest BCUT2D eigenvalue weighted by molar-refractivity contribution is -0.121. The van der Waals surface area contributed by atoms with Gasteiger partial charge in [-0.05, 0) is 25.8 Å². The predicted octanol–water partition coefficient (Wildman–Crippen LogP) is 1.71. The fraction of sp³-hybridized carbons (Fsp3) is 0.667. The van der Waals surface area contributed by atoms with Crippen LogP contribution in [0.4, 0.5) is 0 Å². The van der Waals surface area contributed by atoms with Crippen LogP contribution in [-0.2, 0) is 26.6 Å². The molecule has 1 aliphatic carbocycles. The standard InChI is InChI=1S/C18H29N3O5S/c1-3-26-18(23)16-12-15(13-21(16)2)27(24,25)19-11-10-17(22)20-14-8-6-4-5-7-9-14/h12-14,19H,3-11H2,1-2H3,(H,20,22). The molecule has 0 aliphatic heterocycles. The van der Waals surface area contributed by atoms with Crippen LogP contribution >= 0.6 is 0 Å². The number of nitrogens with one attached hydrogen (secondary N) is 2. The number of carbonyl (C=O) groups excluding carboxylic acids is 2. The molecule has 1 fully saturated rings. The first-order valence-electron chi connectivity index (χ1n) is 9.46. The van der Waals surface area contributed by atoms with Crippen molar-refractivity contribution in [3.63, 3.8) is 0 Å². The maximum absolute atomic E-state index is 12.4. The first kappa shape index (κ1) is 21.4. The van der Waals surface area contributed by atoms with E-state index < -0.39 is 16.0 Å². The summed E-state index contributed by atoms with van der Waals surface area (Å²) in [7, 11) is -2.23. The van der Waals surface area contributed by atoms with E-state index >= 15 is 0 Å². The van der Waals surface area contributed by atoms with Gasteiger partial charge in [0.15, 0.2) is 0 Å². The molecule has 0 spiro atoms. The molecule has 2 rings (SSSR count). The van der Waals surface area contributed by atoms with E-state index in [4.69, 9.17) is 4.74 Å². The van der Waals surface area contributed by atoms with E-state index in [9.17, 15) is 18.0 Å². The molecule has 0 bridgehead atoms. The van der Waals surface area contributed by atoms with Crippen LogP contribution in [0.15, 0.2) is 17.2 Å². The Balaban J connectivity index is 1.86. The number of hydrogen-bond donors (Lipinski definition) is 2. The Labute approximate surface area is 160 Å². The molecule has 0 radical (unpaired) electrons. The monoisotopic (exact) mass is 399 g/mol. The number of nitrogens with zero attached hydrogens (tertiary/aromatic N) is 1. The zero-order chi connectivity index (χ0) is 19.9. The Hall–Kier alpha value is -1.87. The van der Waals surface area contributed by atoms with Crippen molar-refractivity contribution >= 4 is 21.9 Å². The van der Waals surface area contributed by atoms with E-state index in [2.05, 4.69) is 10.0 Å². The average molecular weight is 400 g/mol. The number of aromatic nitrogens is 1. The van der Waals surface area contributed by atoms with Crippen LogP contribution in [0, 0.1) is 0 Å². The number of carbonyl (C=O) groups is 2. The summed E-state index contributed by atoms with van der Waals surface area (Å²) in [6.07, 6.45) is 8.04. The Morgan fingerprint density at radius 1 is 1.22 bits per heavy atom. The number of esters is 1. The third-order valence-corrected chi connectivity index (χ3v) is 6.07. The van der Waals surface area contributed by atoms with Crippen LogP contribution in [0.2, 0.25) is 0 Å². The van der Waals surface area contributed by atoms with Gasteiger partial charge in [0.25, 0.3) is 0 Å². The van der Waals surface area contributed by atoms with Crippen LogP contribution in [0.25, 0.3) is 0 Å². The van der Waals surface area contributed by atoms with Crippen LogP contribution < -0.4 is 10.0 Å². The summed E-state index contributed by atoms with van der Waals surface area (Å²) >= 11 is 0. The summed E-state index contributed by atoms with van der Waals surface area (Å²) in [4.78, 5) is 23.8. The van der Waals surface area contributed by atoms with E-state index in [-0.39, 0.29) is 42.1 Å². The van der Waals surface area contributed by atoms with Gasteiger partial charge in [-0.25, -0.2) is 17.9 Å². The van der Waals surface area contributed by atoms with Gasteiger partial charge in [0, 0.05) is 32.3 Å². The van der Waals surface area contributed by atoms with Gasteiger partial charge in [0.2, 0.25) is 15.9 Å². The van der Waals surface area contributed by atoms with E-state index in [1.807, 2.05) is 0 Å². The average Bonchev–Trinajstić information content (AvgIpc) is 2.83. The lowest BCUT2D eigenvalue weighted by Crippen LogP contribution is -2.36. The Kier molecular flexibility index (Phi) is 7.85. The van der Waals surface area contributed by atoms with Crippen molar-refractivity contribution < 1.29 is 22.7 Å². The number of amides is 1. The lowest BCUT2D eigenvalue weighted by Gasteiger charge is -2.16. The van der Waals surface area contributed by atoms with E-state index in [1.165, 1.54) is 29.7 Å². The normalized spacial score (nSPS) is 15.9. The van der Waals surface area contributed by atoms with E-state index in [1.54, 1.807) is 14.0 Å². The van der Waals surface area contributed by atoms with Crippen LogP contribution in [0.1, 0.15) is 62.4 Å². The third kappa shape index (κ3) is 6.35. The lowest BCUT2D eigenvalue weighted by atomic mass is 10.1. The molecular formula is C18H29N3O5S. The highest BCUT2D eigenvalue weighted by atomic mass is 32.2. The van der Waals surface area contributed by atoms with Crippen molar-refractivity contribution in [1.82, 2.24) is 14.6 Å². The second-order valence-electron chi connectivity index (χ2n) is 6.80. The summed E-state index contributed by atoms with van der Waals surface area (Å²) in [6, 6.07) is 1.46. The molecule has 0 aromatic carbocycles. The molecule has 2 N–H and O–H groups in total. The Morgan fingerprint density at radius 3 is 2.52 bits per heavy atom. The summed E-state index contributed by atoms with van der Waals surface area (Å²) in [6.45, 7) is 1.89. The molecular weight excluding hydrogens is 370 g/mol. The minimum atomic E-state index is -3.80. The van der Waals surface area contributed by atoms with E-state index in [0.717, 1.165) is 25.7 Å². The third-order valence-electron chi connectivity index (χ3n) is 4.64. The smallest absolute Gasteiger partial charge is 0.354 e. The van der Waals surface area contributed by atoms with Crippen molar-refractivity contribution in [1.29, 1.82) is 0 Å². The molecule has 1 aromatic rings. The predicted molar refractivity (Wildman–Crippen MR) is 101 cm³/mol. The molecule has 9 heteroatoms. The number of sulfonamides is 1. The van der Waals surface area contributed by atoms with Crippen LogP contribution in [-0.4, -0.2) is 44.1 Å². The highest BCUT2D eigenvalue weighted by Crippen LogP contribution is 2.17. The van der Waals surface area contributed by atoms with Gasteiger partial charge in [-0.1, -0.05) is 25.7 Å². The molecule has 27 heavy (non-hydrogen) atoms. The van der Waals surface area contributed by atoms with Gasteiger partial charge < -0.3 is 14.6 Å². The summed E-state index contributed by atoms with van der Waals surface area (Å²) < 4.78 is 33.5. The summed E-state index contributed by atoms with van der Waals surface area (Å²) in [5.74, 6) is -0.728. The fourth-order valence-electron chi connectivity index (χ4n) is 3.19. The van der Waals surface area contributed by atoms with Crippen molar-refractivity contribution in [2.24, 2.45) is 7.05 Å². The molecule has 1 amide bonds. The number of ether oxygens (including phenoxy) is 1. The zero-order valence-electron chi connectivity index (χ0n) is 16.0. The van der Waals surface area contributed by atoms with Gasteiger partial charge in [0.05, 0.1) is 6.61 Å². The van der Waals surface area contributed by atoms with Crippen molar-refractivity contribution in [3.05, 3.63) is 18.0 Å². The van der Waals surface area contributed by atoms with Gasteiger partial charge in [-0.3, -0.25) is 4.79 Å². The van der Waals surface area contributed by atoms with Crippen LogP contribution in [0.3, 0.4) is 0 Å². The van der Waals surface area contributed by atoms with E-state index in [0.29, 0.717) is 0 Å². The van der Waals surface area contributed by atoms with Crippen LogP contribution in [0.5, 0.6) is 0 Å². The molecule has 8 nitrogen and oxygen atoms in total. The highest BCUT2D eigenvalue weighted by molar-refractivity contribution is 7.89. The van der Waals surface area contributed by atoms with Crippen molar-refractivity contribution in [2.45, 2.75) is 62.8 Å². The van der Waals surface area contributed by atoms with Crippen molar-refractivity contribution in [3.8, 4) is 0 Å². The van der Waals surface area contributed by atoms with Gasteiger partial charge >= 0.3 is 5.97 Å². The Morgan fingerprint density at radius 2 is 1.89 bits per heavy atom. The molecule has 0 unspecified atom stereocenters. The fourth-order valence-corrected chi connectivity index (χ4v) is 4.30. The quantitative estimate of drug-likeness (QED) is 0.511. The zero-order valence-corrected chi connectivity index (χ0v) is 16.8. The maximum atomic E-state index is 12.4. The molecule has 1 aromatic heterocycles. The first-order valence-corrected chi connectivity index (χ1v) is 10.9. The Bertz CT molecular complexity index is 749. The number of aryl methyl sites for hydroxylation is 1. The second kappa shape index (κ2) is 9.89. The van der Waals surface area contributed by atoms with Gasteiger partial charge in [-0.2, -0.15) is 0 Å². The van der Waals surface area contributed by atoms with Gasteiger partial charge in [-0.15, -0.1) is 0 Å². The largest absolute Gasteiger partial charge is 0.461 e. The SMILES string of the molecule is CCOC(=O)c1cc(S(=O)(=O)NCCC(=O)NC2CCCCCC2)cn1C. The van der Waals surface area contributed by atoms with Gasteiger partial charge in [0.1, 0.15) is 10.6 Å². The number of hydrogen-bond acceptors (Lipinski definition) is 5. The maximum Gasteiger partial charge on any atom is 0.354 e. The first-order chi connectivity index (χ1) is 12.8. The minimum Gasteiger partial charge on any atom is -0.461 e. The molecule has 1 aliphatic rings. The topological polar surface area (TPSA) is 106 Å². The summed E-state index contributed by atoms with van der Waals surface area (Å²) in [5.41, 5.74) is 0.156. The van der Waals surface area contributed by atoms with Crippen molar-refractivity contribution in [2.75, 3.05) is 13.2 Å². The second-order valence-corrected chi connectivity index (χ2v) is 8.56. The highest BCUT2D eigenvalue weighted by Gasteiger charge is 2.21. The molecule has 0 atom stereocenters. The molecule has 1 heterocycles. The molecule has 1 saturated carbocycles. The molecule has 0 saturated heterocycles. The molecule has 152 valence electrons.